The molecule has 1 heterocycles. The summed E-state index contributed by atoms with van der Waals surface area (Å²) in [5.41, 5.74) is 1.58. The maximum atomic E-state index is 13.2. The molecule has 0 saturated carbocycles. The molecule has 16 heavy (non-hydrogen) atoms. The maximum absolute atomic E-state index is 13.2. The van der Waals surface area contributed by atoms with E-state index < -0.39 is 0 Å². The van der Waals surface area contributed by atoms with Crippen molar-refractivity contribution in [3.05, 3.63) is 29.6 Å². The van der Waals surface area contributed by atoms with Crippen molar-refractivity contribution in [2.45, 2.75) is 5.88 Å². The van der Waals surface area contributed by atoms with Crippen LogP contribution in [0.4, 0.5) is 10.1 Å². The summed E-state index contributed by atoms with van der Waals surface area (Å²) in [5, 5.41) is 0. The van der Waals surface area contributed by atoms with Gasteiger partial charge in [0.2, 0.25) is 0 Å². The summed E-state index contributed by atoms with van der Waals surface area (Å²) in [6.45, 7) is 3.17. The average molecular weight is 266 g/mol. The molecule has 0 aliphatic carbocycles. The summed E-state index contributed by atoms with van der Waals surface area (Å²) in [6, 6.07) is 5.08. The molecule has 2 rings (SSSR count). The first-order valence-corrected chi connectivity index (χ1v) is 5.52. The quantitative estimate of drug-likeness (QED) is 0.763. The molecule has 0 atom stereocenters. The van der Waals surface area contributed by atoms with E-state index in [1.165, 1.54) is 6.07 Å². The Bertz CT molecular complexity index is 343. The molecular formula is C11H14Cl2FNO. The van der Waals surface area contributed by atoms with Crippen LogP contribution in [0.15, 0.2) is 18.2 Å². The van der Waals surface area contributed by atoms with Gasteiger partial charge >= 0.3 is 0 Å². The van der Waals surface area contributed by atoms with Crippen molar-refractivity contribution >= 4 is 29.7 Å². The van der Waals surface area contributed by atoms with Gasteiger partial charge in [0.15, 0.2) is 0 Å². The molecule has 1 saturated heterocycles. The van der Waals surface area contributed by atoms with Crippen LogP contribution in [-0.4, -0.2) is 26.3 Å². The third kappa shape index (κ3) is 3.00. The lowest BCUT2D eigenvalue weighted by Gasteiger charge is -2.29. The fourth-order valence-electron chi connectivity index (χ4n) is 1.68. The van der Waals surface area contributed by atoms with Crippen molar-refractivity contribution < 1.29 is 9.13 Å². The summed E-state index contributed by atoms with van der Waals surface area (Å²) in [6.07, 6.45) is 0. The standard InChI is InChI=1S/C11H13ClFNO.ClH/c12-8-9-7-10(1-2-11(9)13)14-3-5-15-6-4-14;/h1-2,7H,3-6,8H2;1H. The van der Waals surface area contributed by atoms with E-state index in [1.54, 1.807) is 6.07 Å². The van der Waals surface area contributed by atoms with Gasteiger partial charge in [0.1, 0.15) is 5.82 Å². The zero-order valence-corrected chi connectivity index (χ0v) is 10.4. The molecule has 0 amide bonds. The second-order valence-electron chi connectivity index (χ2n) is 3.51. The Kier molecular flexibility index (Phi) is 5.32. The van der Waals surface area contributed by atoms with Gasteiger partial charge in [-0.3, -0.25) is 0 Å². The molecule has 1 aliphatic rings. The Morgan fingerprint density at radius 3 is 2.62 bits per heavy atom. The third-order valence-electron chi connectivity index (χ3n) is 2.55. The van der Waals surface area contributed by atoms with E-state index in [-0.39, 0.29) is 24.1 Å². The fraction of sp³-hybridized carbons (Fsp3) is 0.455. The monoisotopic (exact) mass is 265 g/mol. The number of benzene rings is 1. The highest BCUT2D eigenvalue weighted by Gasteiger charge is 2.12. The number of morpholine rings is 1. The average Bonchev–Trinajstić information content (AvgIpc) is 2.31. The zero-order valence-electron chi connectivity index (χ0n) is 8.79. The topological polar surface area (TPSA) is 12.5 Å². The SMILES string of the molecule is Cl.Fc1ccc(N2CCOCC2)cc1CCl. The summed E-state index contributed by atoms with van der Waals surface area (Å²) in [5.74, 6) is -0.0219. The van der Waals surface area contributed by atoms with E-state index in [0.29, 0.717) is 5.56 Å². The Morgan fingerprint density at radius 2 is 2.00 bits per heavy atom. The molecule has 90 valence electrons. The third-order valence-corrected chi connectivity index (χ3v) is 2.84. The summed E-state index contributed by atoms with van der Waals surface area (Å²) < 4.78 is 18.5. The van der Waals surface area contributed by atoms with E-state index in [9.17, 15) is 4.39 Å². The van der Waals surface area contributed by atoms with Crippen LogP contribution in [0.2, 0.25) is 0 Å². The van der Waals surface area contributed by atoms with Crippen molar-refractivity contribution in [3.63, 3.8) is 0 Å². The van der Waals surface area contributed by atoms with Gasteiger partial charge in [0, 0.05) is 24.3 Å². The Hall–Kier alpha value is -0.510. The van der Waals surface area contributed by atoms with Gasteiger partial charge in [-0.05, 0) is 18.2 Å². The van der Waals surface area contributed by atoms with E-state index in [0.717, 1.165) is 32.0 Å². The minimum Gasteiger partial charge on any atom is -0.378 e. The predicted octanol–water partition coefficient (Wildman–Crippen LogP) is 2.82. The lowest BCUT2D eigenvalue weighted by molar-refractivity contribution is 0.122. The molecular weight excluding hydrogens is 252 g/mol. The predicted molar refractivity (Wildman–Crippen MR) is 66.2 cm³/mol. The highest BCUT2D eigenvalue weighted by Crippen LogP contribution is 2.21. The molecule has 2 nitrogen and oxygen atoms in total. The van der Waals surface area contributed by atoms with Gasteiger partial charge in [-0.1, -0.05) is 0 Å². The smallest absolute Gasteiger partial charge is 0.127 e. The first-order chi connectivity index (χ1) is 7.31. The van der Waals surface area contributed by atoms with E-state index in [4.69, 9.17) is 16.3 Å². The largest absolute Gasteiger partial charge is 0.378 e. The van der Waals surface area contributed by atoms with E-state index in [2.05, 4.69) is 4.90 Å². The van der Waals surface area contributed by atoms with Crippen LogP contribution < -0.4 is 4.90 Å². The molecule has 0 N–H and O–H groups in total. The van der Waals surface area contributed by atoms with Gasteiger partial charge in [-0.25, -0.2) is 4.39 Å². The Balaban J connectivity index is 0.00000128. The van der Waals surface area contributed by atoms with E-state index in [1.807, 2.05) is 6.07 Å². The molecule has 0 radical (unpaired) electrons. The van der Waals surface area contributed by atoms with Crippen molar-refractivity contribution in [1.82, 2.24) is 0 Å². The second-order valence-corrected chi connectivity index (χ2v) is 3.78. The van der Waals surface area contributed by atoms with Crippen molar-refractivity contribution in [3.8, 4) is 0 Å². The maximum Gasteiger partial charge on any atom is 0.127 e. The lowest BCUT2D eigenvalue weighted by atomic mass is 10.2. The number of ether oxygens (including phenoxy) is 1. The molecule has 0 unspecified atom stereocenters. The second kappa shape index (κ2) is 6.28. The number of hydrogen-bond acceptors (Lipinski definition) is 2. The number of anilines is 1. The summed E-state index contributed by atoms with van der Waals surface area (Å²) in [4.78, 5) is 2.18. The summed E-state index contributed by atoms with van der Waals surface area (Å²) >= 11 is 5.66. The van der Waals surface area contributed by atoms with Crippen LogP contribution in [0.5, 0.6) is 0 Å². The molecule has 1 fully saturated rings. The summed E-state index contributed by atoms with van der Waals surface area (Å²) in [7, 11) is 0. The van der Waals surface area contributed by atoms with Crippen LogP contribution in [0.1, 0.15) is 5.56 Å². The molecule has 1 aliphatic heterocycles. The number of alkyl halides is 1. The van der Waals surface area contributed by atoms with Gasteiger partial charge < -0.3 is 9.64 Å². The minimum absolute atomic E-state index is 0. The highest BCUT2D eigenvalue weighted by molar-refractivity contribution is 6.17. The van der Waals surface area contributed by atoms with Crippen LogP contribution in [0.3, 0.4) is 0 Å². The first-order valence-electron chi connectivity index (χ1n) is 4.98. The highest BCUT2D eigenvalue weighted by atomic mass is 35.5. The normalized spacial score (nSPS) is 15.8. The van der Waals surface area contributed by atoms with Crippen LogP contribution in [-0.2, 0) is 10.6 Å². The molecule has 0 spiro atoms. The zero-order chi connectivity index (χ0) is 10.7. The van der Waals surface area contributed by atoms with Crippen molar-refractivity contribution in [2.75, 3.05) is 31.2 Å². The number of rotatable bonds is 2. The number of halogens is 3. The van der Waals surface area contributed by atoms with Crippen molar-refractivity contribution in [2.24, 2.45) is 0 Å². The van der Waals surface area contributed by atoms with E-state index >= 15 is 0 Å². The molecule has 0 bridgehead atoms. The lowest BCUT2D eigenvalue weighted by Crippen LogP contribution is -2.36. The Labute approximate surface area is 106 Å². The molecule has 0 aromatic heterocycles. The first kappa shape index (κ1) is 13.6. The number of hydrogen-bond donors (Lipinski definition) is 0. The van der Waals surface area contributed by atoms with Gasteiger partial charge in [-0.15, -0.1) is 24.0 Å². The Morgan fingerprint density at radius 1 is 1.31 bits per heavy atom. The van der Waals surface area contributed by atoms with Crippen molar-refractivity contribution in [1.29, 1.82) is 0 Å². The minimum atomic E-state index is -0.234. The fourth-order valence-corrected chi connectivity index (χ4v) is 1.89. The van der Waals surface area contributed by atoms with Crippen LogP contribution in [0.25, 0.3) is 0 Å². The molecule has 1 aromatic rings. The van der Waals surface area contributed by atoms with Gasteiger partial charge in [0.25, 0.3) is 0 Å². The molecule has 1 aromatic carbocycles. The molecule has 5 heteroatoms. The van der Waals surface area contributed by atoms with Crippen LogP contribution in [0, 0.1) is 5.82 Å². The van der Waals surface area contributed by atoms with Gasteiger partial charge in [0.05, 0.1) is 19.1 Å². The number of nitrogens with zero attached hydrogens (tertiary/aromatic N) is 1. The van der Waals surface area contributed by atoms with Gasteiger partial charge in [-0.2, -0.15) is 0 Å². The van der Waals surface area contributed by atoms with Crippen LogP contribution >= 0.6 is 24.0 Å².